The summed E-state index contributed by atoms with van der Waals surface area (Å²) in [5.41, 5.74) is 1.11. The van der Waals surface area contributed by atoms with E-state index in [4.69, 9.17) is 9.72 Å². The molecule has 0 saturated heterocycles. The van der Waals surface area contributed by atoms with Gasteiger partial charge in [0.2, 0.25) is 0 Å². The van der Waals surface area contributed by atoms with E-state index in [1.807, 2.05) is 37.5 Å². The molecule has 0 fully saturated rings. The number of anilines is 1. The first kappa shape index (κ1) is 30.4. The lowest BCUT2D eigenvalue weighted by atomic mass is 10.1. The van der Waals surface area contributed by atoms with Gasteiger partial charge in [-0.1, -0.05) is 49.7 Å². The summed E-state index contributed by atoms with van der Waals surface area (Å²) < 4.78 is 7.34. The molecule has 220 valence electrons. The lowest BCUT2D eigenvalue weighted by Crippen LogP contribution is -2.38. The summed E-state index contributed by atoms with van der Waals surface area (Å²) in [6, 6.07) is 17.3. The minimum Gasteiger partial charge on any atom is -0.444 e. The Balaban J connectivity index is 1.66. The number of alkyl carbamates (subject to hydrolysis) is 1. The fourth-order valence-electron chi connectivity index (χ4n) is 4.50. The normalized spacial score (nSPS) is 11.3. The fourth-order valence-corrected chi connectivity index (χ4v) is 4.50. The van der Waals surface area contributed by atoms with Gasteiger partial charge in [-0.25, -0.2) is 24.6 Å². The minimum atomic E-state index is -0.553. The van der Waals surface area contributed by atoms with E-state index in [1.165, 1.54) is 6.33 Å². The van der Waals surface area contributed by atoms with Crippen LogP contribution in [0.2, 0.25) is 0 Å². The summed E-state index contributed by atoms with van der Waals surface area (Å²) in [6.07, 6.45) is 5.00. The average Bonchev–Trinajstić information content (AvgIpc) is 3.33. The van der Waals surface area contributed by atoms with Gasteiger partial charge in [0.15, 0.2) is 17.0 Å². The number of hydrogen-bond donors (Lipinski definition) is 1. The fraction of sp³-hybridized carbons (Fsp3) is 0.375. The first-order valence-electron chi connectivity index (χ1n) is 14.4. The van der Waals surface area contributed by atoms with E-state index in [2.05, 4.69) is 22.2 Å². The molecule has 2 heterocycles. The van der Waals surface area contributed by atoms with E-state index in [9.17, 15) is 14.4 Å². The van der Waals surface area contributed by atoms with Gasteiger partial charge in [0, 0.05) is 30.6 Å². The van der Waals surface area contributed by atoms with Crippen LogP contribution in [0.5, 0.6) is 0 Å². The van der Waals surface area contributed by atoms with Gasteiger partial charge in [-0.05, 0) is 64.3 Å². The number of imide groups is 1. The van der Waals surface area contributed by atoms with E-state index in [1.54, 1.807) is 48.5 Å². The first-order valence-corrected chi connectivity index (χ1v) is 14.4. The molecule has 0 aliphatic carbocycles. The summed E-state index contributed by atoms with van der Waals surface area (Å²) in [4.78, 5) is 54.6. The van der Waals surface area contributed by atoms with E-state index in [0.29, 0.717) is 41.8 Å². The number of imidazole rings is 1. The number of ether oxygens (including phenoxy) is 1. The number of carbonyl (C=O) groups excluding carboxylic acids is 3. The van der Waals surface area contributed by atoms with Crippen molar-refractivity contribution in [2.75, 3.05) is 11.4 Å². The summed E-state index contributed by atoms with van der Waals surface area (Å²) >= 11 is 0. The Hall–Kier alpha value is -4.60. The standard InChI is InChI=1S/C32H38N6O4/c1-5-6-19-25-36-26-27(37(25)21-14-13-20-33-31(41)42-32(2,3)4)34-22-35-28(26)38(29(39)23-15-9-7-10-16-23)30(40)24-17-11-8-12-18-24/h7-12,15-18,22H,5-6,13-14,19-21H2,1-4H3,(H,33,41). The van der Waals surface area contributed by atoms with Gasteiger partial charge in [0.1, 0.15) is 17.8 Å². The molecule has 4 rings (SSSR count). The number of fused-ring (bicyclic) bond motifs is 1. The van der Waals surface area contributed by atoms with Crippen molar-refractivity contribution in [3.05, 3.63) is 83.9 Å². The summed E-state index contributed by atoms with van der Waals surface area (Å²) in [7, 11) is 0. The maximum atomic E-state index is 13.8. The zero-order chi connectivity index (χ0) is 30.1. The van der Waals surface area contributed by atoms with Crippen LogP contribution in [0.1, 0.15) is 79.9 Å². The summed E-state index contributed by atoms with van der Waals surface area (Å²) in [5.74, 6) is -0.0385. The molecular formula is C32H38N6O4. The van der Waals surface area contributed by atoms with Crippen LogP contribution in [0.25, 0.3) is 11.2 Å². The maximum Gasteiger partial charge on any atom is 0.407 e. The molecule has 2 aromatic carbocycles. The lowest BCUT2D eigenvalue weighted by molar-refractivity contribution is 0.0526. The van der Waals surface area contributed by atoms with Crippen LogP contribution < -0.4 is 10.2 Å². The van der Waals surface area contributed by atoms with E-state index < -0.39 is 23.5 Å². The smallest absolute Gasteiger partial charge is 0.407 e. The largest absolute Gasteiger partial charge is 0.444 e. The third-order valence-electron chi connectivity index (χ3n) is 6.48. The highest BCUT2D eigenvalue weighted by molar-refractivity contribution is 6.27. The van der Waals surface area contributed by atoms with Crippen LogP contribution in [0, 0.1) is 0 Å². The number of amides is 3. The number of rotatable bonds is 11. The van der Waals surface area contributed by atoms with Crippen molar-refractivity contribution in [3.8, 4) is 0 Å². The van der Waals surface area contributed by atoms with Crippen molar-refractivity contribution < 1.29 is 19.1 Å². The molecule has 10 heteroatoms. The quantitative estimate of drug-likeness (QED) is 0.174. The predicted octanol–water partition coefficient (Wildman–Crippen LogP) is 5.96. The zero-order valence-corrected chi connectivity index (χ0v) is 24.7. The molecule has 2 aromatic heterocycles. The molecule has 0 radical (unpaired) electrons. The van der Waals surface area contributed by atoms with Gasteiger partial charge in [0.05, 0.1) is 0 Å². The maximum absolute atomic E-state index is 13.8. The number of hydrogen-bond acceptors (Lipinski definition) is 7. The number of aryl methyl sites for hydroxylation is 2. The Morgan fingerprint density at radius 3 is 2.07 bits per heavy atom. The molecule has 0 aliphatic heterocycles. The Morgan fingerprint density at radius 2 is 1.50 bits per heavy atom. The highest BCUT2D eigenvalue weighted by atomic mass is 16.6. The predicted molar refractivity (Wildman–Crippen MR) is 161 cm³/mol. The molecule has 0 atom stereocenters. The first-order chi connectivity index (χ1) is 20.2. The molecule has 0 bridgehead atoms. The van der Waals surface area contributed by atoms with Gasteiger partial charge < -0.3 is 14.6 Å². The Bertz CT molecular complexity index is 1460. The highest BCUT2D eigenvalue weighted by Gasteiger charge is 2.30. The van der Waals surface area contributed by atoms with E-state index in [0.717, 1.165) is 36.4 Å². The van der Waals surface area contributed by atoms with Gasteiger partial charge in [-0.2, -0.15) is 0 Å². The zero-order valence-electron chi connectivity index (χ0n) is 24.7. The van der Waals surface area contributed by atoms with E-state index in [-0.39, 0.29) is 5.82 Å². The molecule has 3 amide bonds. The lowest BCUT2D eigenvalue weighted by Gasteiger charge is -2.20. The second-order valence-electron chi connectivity index (χ2n) is 11.0. The molecule has 0 unspecified atom stereocenters. The number of unbranched alkanes of at least 4 members (excludes halogenated alkanes) is 2. The number of aromatic nitrogens is 4. The van der Waals surface area contributed by atoms with Crippen LogP contribution in [0.3, 0.4) is 0 Å². The molecular weight excluding hydrogens is 532 g/mol. The van der Waals surface area contributed by atoms with Crippen molar-refractivity contribution in [1.82, 2.24) is 24.8 Å². The average molecular weight is 571 g/mol. The van der Waals surface area contributed by atoms with Crippen LogP contribution in [0.15, 0.2) is 67.0 Å². The topological polar surface area (TPSA) is 119 Å². The highest BCUT2D eigenvalue weighted by Crippen LogP contribution is 2.27. The number of nitrogens with zero attached hydrogens (tertiary/aromatic N) is 5. The van der Waals surface area contributed by atoms with Gasteiger partial charge in [-0.3, -0.25) is 9.59 Å². The van der Waals surface area contributed by atoms with Crippen LogP contribution in [-0.4, -0.2) is 49.6 Å². The Morgan fingerprint density at radius 1 is 0.881 bits per heavy atom. The molecule has 0 spiro atoms. The molecule has 42 heavy (non-hydrogen) atoms. The number of benzene rings is 2. The third-order valence-corrected chi connectivity index (χ3v) is 6.48. The van der Waals surface area contributed by atoms with Crippen molar-refractivity contribution in [1.29, 1.82) is 0 Å². The van der Waals surface area contributed by atoms with Gasteiger partial charge in [-0.15, -0.1) is 0 Å². The monoisotopic (exact) mass is 570 g/mol. The van der Waals surface area contributed by atoms with Crippen LogP contribution in [0.4, 0.5) is 10.6 Å². The Labute approximate surface area is 246 Å². The molecule has 0 saturated carbocycles. The summed E-state index contributed by atoms with van der Waals surface area (Å²) in [5, 5.41) is 2.79. The van der Waals surface area contributed by atoms with Crippen molar-refractivity contribution in [3.63, 3.8) is 0 Å². The van der Waals surface area contributed by atoms with E-state index >= 15 is 0 Å². The SMILES string of the molecule is CCCCc1nc2c(N(C(=O)c3ccccc3)C(=O)c3ccccc3)ncnc2n1CCCCNC(=O)OC(C)(C)C. The molecule has 10 nitrogen and oxygen atoms in total. The molecule has 4 aromatic rings. The Kier molecular flexibility index (Phi) is 10.0. The van der Waals surface area contributed by atoms with Crippen LogP contribution in [-0.2, 0) is 17.7 Å². The second-order valence-corrected chi connectivity index (χ2v) is 11.0. The van der Waals surface area contributed by atoms with Gasteiger partial charge >= 0.3 is 6.09 Å². The third kappa shape index (κ3) is 7.57. The summed E-state index contributed by atoms with van der Waals surface area (Å²) in [6.45, 7) is 8.66. The minimum absolute atomic E-state index is 0.144. The number of carbonyl (C=O) groups is 3. The molecule has 1 N–H and O–H groups in total. The van der Waals surface area contributed by atoms with Gasteiger partial charge in [0.25, 0.3) is 11.8 Å². The van der Waals surface area contributed by atoms with Crippen molar-refractivity contribution >= 4 is 34.9 Å². The number of nitrogens with one attached hydrogen (secondary N) is 1. The molecule has 0 aliphatic rings. The van der Waals surface area contributed by atoms with Crippen molar-refractivity contribution in [2.45, 2.75) is 71.9 Å². The second kappa shape index (κ2) is 13.8. The van der Waals surface area contributed by atoms with Crippen LogP contribution >= 0.6 is 0 Å². The van der Waals surface area contributed by atoms with Crippen molar-refractivity contribution in [2.24, 2.45) is 0 Å².